The van der Waals surface area contributed by atoms with Gasteiger partial charge in [-0.25, -0.2) is 13.2 Å². The van der Waals surface area contributed by atoms with Crippen LogP contribution in [0.5, 0.6) is 5.75 Å². The number of carboxylic acid groups (broad SMARTS) is 1. The number of piperidine rings is 2. The van der Waals surface area contributed by atoms with Crippen molar-refractivity contribution in [3.05, 3.63) is 24.3 Å². The summed E-state index contributed by atoms with van der Waals surface area (Å²) in [6.07, 6.45) is 3.47. The molecule has 0 aliphatic carbocycles. The van der Waals surface area contributed by atoms with Gasteiger partial charge in [0, 0.05) is 39.1 Å². The van der Waals surface area contributed by atoms with Crippen LogP contribution in [-0.2, 0) is 29.1 Å². The standard InChI is InChI=1S/C29H44N4O9S/c1-29(2,3)42-28(38)32-16-13-20(14-17-32)11-12-25(34)33-15-7-8-21(19-33)26(35)30-18-22(27(36)37)31-43(39,40)24-10-6-5-9-23(24)41-4/h5-6,9-10,20-22,31H,7-8,11-19H2,1-4H3,(H,30,35)(H,36,37). The Bertz CT molecular complexity index is 1260. The van der Waals surface area contributed by atoms with Gasteiger partial charge in [-0.3, -0.25) is 14.4 Å². The van der Waals surface area contributed by atoms with E-state index in [0.717, 1.165) is 12.8 Å². The number of hydrogen-bond donors (Lipinski definition) is 3. The van der Waals surface area contributed by atoms with Crippen LogP contribution in [0.25, 0.3) is 0 Å². The fourth-order valence-corrected chi connectivity index (χ4v) is 6.61. The maximum Gasteiger partial charge on any atom is 0.410 e. The number of ether oxygens (including phenoxy) is 2. The lowest BCUT2D eigenvalue weighted by atomic mass is 9.91. The van der Waals surface area contributed by atoms with Gasteiger partial charge in [0.2, 0.25) is 21.8 Å². The van der Waals surface area contributed by atoms with Gasteiger partial charge in [-0.05, 0) is 70.9 Å². The lowest BCUT2D eigenvalue weighted by Gasteiger charge is -2.34. The second kappa shape index (κ2) is 14.9. The predicted octanol–water partition coefficient (Wildman–Crippen LogP) is 2.21. The van der Waals surface area contributed by atoms with Crippen LogP contribution in [0.1, 0.15) is 59.3 Å². The fraction of sp³-hybridized carbons (Fsp3) is 0.655. The minimum absolute atomic E-state index is 0.0416. The van der Waals surface area contributed by atoms with E-state index in [4.69, 9.17) is 9.47 Å². The van der Waals surface area contributed by atoms with E-state index in [0.29, 0.717) is 51.2 Å². The van der Waals surface area contributed by atoms with Crippen molar-refractivity contribution in [1.82, 2.24) is 19.8 Å². The predicted molar refractivity (Wildman–Crippen MR) is 157 cm³/mol. The molecule has 1 aromatic carbocycles. The summed E-state index contributed by atoms with van der Waals surface area (Å²) in [5, 5.41) is 12.2. The number of amides is 3. The first-order valence-corrected chi connectivity index (χ1v) is 16.1. The van der Waals surface area contributed by atoms with E-state index in [9.17, 15) is 32.7 Å². The number of carboxylic acids is 1. The molecule has 2 fully saturated rings. The normalized spacial score (nSPS) is 18.9. The van der Waals surface area contributed by atoms with Gasteiger partial charge in [-0.2, -0.15) is 4.72 Å². The minimum atomic E-state index is -4.26. The molecule has 2 saturated heterocycles. The summed E-state index contributed by atoms with van der Waals surface area (Å²) >= 11 is 0. The molecule has 3 N–H and O–H groups in total. The zero-order chi connectivity index (χ0) is 31.8. The average Bonchev–Trinajstić information content (AvgIpc) is 2.97. The summed E-state index contributed by atoms with van der Waals surface area (Å²) in [6, 6.07) is 4.20. The molecule has 0 aromatic heterocycles. The second-order valence-corrected chi connectivity index (χ2v) is 13.7. The summed E-state index contributed by atoms with van der Waals surface area (Å²) in [4.78, 5) is 53.2. The van der Waals surface area contributed by atoms with Gasteiger partial charge < -0.3 is 29.7 Å². The van der Waals surface area contributed by atoms with E-state index in [2.05, 4.69) is 10.0 Å². The first-order valence-electron chi connectivity index (χ1n) is 14.6. The lowest BCUT2D eigenvalue weighted by molar-refractivity contribution is -0.139. The molecule has 13 nitrogen and oxygen atoms in total. The molecule has 2 atom stereocenters. The van der Waals surface area contributed by atoms with Crippen LogP contribution in [0.2, 0.25) is 0 Å². The van der Waals surface area contributed by atoms with Crippen molar-refractivity contribution in [3.8, 4) is 5.75 Å². The number of carbonyl (C=O) groups is 4. The highest BCUT2D eigenvalue weighted by Crippen LogP contribution is 2.25. The van der Waals surface area contributed by atoms with Crippen molar-refractivity contribution in [3.63, 3.8) is 0 Å². The molecule has 2 heterocycles. The van der Waals surface area contributed by atoms with Crippen molar-refractivity contribution in [1.29, 1.82) is 0 Å². The number of nitrogens with one attached hydrogen (secondary N) is 2. The number of hydrogen-bond acceptors (Lipinski definition) is 8. The number of methoxy groups -OCH3 is 1. The number of benzene rings is 1. The molecule has 0 saturated carbocycles. The van der Waals surface area contributed by atoms with Crippen LogP contribution in [0, 0.1) is 11.8 Å². The Morgan fingerprint density at radius 3 is 2.35 bits per heavy atom. The van der Waals surface area contributed by atoms with Gasteiger partial charge in [0.1, 0.15) is 22.3 Å². The molecular weight excluding hydrogens is 580 g/mol. The number of sulfonamides is 1. The first-order chi connectivity index (χ1) is 20.2. The van der Waals surface area contributed by atoms with Gasteiger partial charge in [-0.15, -0.1) is 0 Å². The summed E-state index contributed by atoms with van der Waals surface area (Å²) in [5.74, 6) is -2.08. The summed E-state index contributed by atoms with van der Waals surface area (Å²) in [7, 11) is -2.95. The smallest absolute Gasteiger partial charge is 0.410 e. The molecule has 3 amide bonds. The number of nitrogens with zero attached hydrogens (tertiary/aromatic N) is 2. The van der Waals surface area contributed by atoms with Crippen LogP contribution in [0.15, 0.2) is 29.2 Å². The third-order valence-electron chi connectivity index (χ3n) is 7.61. The largest absolute Gasteiger partial charge is 0.495 e. The van der Waals surface area contributed by atoms with Crippen molar-refractivity contribution >= 4 is 33.9 Å². The fourth-order valence-electron chi connectivity index (χ4n) is 5.25. The maximum absolute atomic E-state index is 13.0. The highest BCUT2D eigenvalue weighted by molar-refractivity contribution is 7.89. The van der Waals surface area contributed by atoms with Gasteiger partial charge in [0.25, 0.3) is 0 Å². The Balaban J connectivity index is 1.46. The van der Waals surface area contributed by atoms with Crippen LogP contribution < -0.4 is 14.8 Å². The molecule has 43 heavy (non-hydrogen) atoms. The molecule has 0 spiro atoms. The van der Waals surface area contributed by atoms with Crippen molar-refractivity contribution in [2.45, 2.75) is 75.8 Å². The van der Waals surface area contributed by atoms with Crippen molar-refractivity contribution in [2.24, 2.45) is 11.8 Å². The monoisotopic (exact) mass is 624 g/mol. The van der Waals surface area contributed by atoms with Gasteiger partial charge >= 0.3 is 12.1 Å². The summed E-state index contributed by atoms with van der Waals surface area (Å²) in [6.45, 7) is 6.97. The quantitative estimate of drug-likeness (QED) is 0.334. The van der Waals surface area contributed by atoms with E-state index < -0.39 is 46.0 Å². The first kappa shape index (κ1) is 34.1. The lowest BCUT2D eigenvalue weighted by Crippen LogP contribution is -2.51. The Morgan fingerprint density at radius 2 is 1.72 bits per heavy atom. The highest BCUT2D eigenvalue weighted by Gasteiger charge is 2.32. The van der Waals surface area contributed by atoms with Crippen LogP contribution in [0.3, 0.4) is 0 Å². The van der Waals surface area contributed by atoms with Crippen molar-refractivity contribution < 1.29 is 42.2 Å². The van der Waals surface area contributed by atoms with E-state index >= 15 is 0 Å². The van der Waals surface area contributed by atoms with Crippen LogP contribution in [-0.4, -0.2) is 98.7 Å². The molecule has 240 valence electrons. The number of aliphatic carboxylic acids is 1. The number of para-hydroxylation sites is 1. The van der Waals surface area contributed by atoms with Gasteiger partial charge in [0.15, 0.2) is 0 Å². The van der Waals surface area contributed by atoms with Crippen molar-refractivity contribution in [2.75, 3.05) is 39.8 Å². The Kier molecular flexibility index (Phi) is 11.8. The molecular formula is C29H44N4O9S. The number of rotatable bonds is 11. The summed E-state index contributed by atoms with van der Waals surface area (Å²) in [5.41, 5.74) is -0.546. The topological polar surface area (TPSA) is 172 Å². The average molecular weight is 625 g/mol. The zero-order valence-corrected chi connectivity index (χ0v) is 26.2. The third kappa shape index (κ3) is 10.1. The number of likely N-dealkylation sites (tertiary alicyclic amines) is 2. The Morgan fingerprint density at radius 1 is 1.05 bits per heavy atom. The van der Waals surface area contributed by atoms with E-state index in [-0.39, 0.29) is 29.2 Å². The summed E-state index contributed by atoms with van der Waals surface area (Å²) < 4.78 is 38.3. The number of carbonyl (C=O) groups excluding carboxylic acids is 3. The molecule has 2 aliphatic rings. The Hall–Kier alpha value is -3.39. The molecule has 3 rings (SSSR count). The van der Waals surface area contributed by atoms with Gasteiger partial charge in [0.05, 0.1) is 13.0 Å². The molecule has 2 unspecified atom stereocenters. The third-order valence-corrected chi connectivity index (χ3v) is 9.12. The van der Waals surface area contributed by atoms with E-state index in [1.807, 2.05) is 20.8 Å². The Labute approximate surface area is 253 Å². The molecule has 14 heteroatoms. The van der Waals surface area contributed by atoms with Crippen LogP contribution in [0.4, 0.5) is 4.79 Å². The SMILES string of the molecule is COc1ccccc1S(=O)(=O)NC(CNC(=O)C1CCCN(C(=O)CCC2CCN(C(=O)OC(C)(C)C)CC2)C1)C(=O)O. The highest BCUT2D eigenvalue weighted by atomic mass is 32.2. The molecule has 1 aromatic rings. The van der Waals surface area contributed by atoms with Crippen LogP contribution >= 0.6 is 0 Å². The van der Waals surface area contributed by atoms with E-state index in [1.165, 1.54) is 25.3 Å². The molecule has 0 bridgehead atoms. The maximum atomic E-state index is 13.0. The second-order valence-electron chi connectivity index (χ2n) is 12.0. The van der Waals surface area contributed by atoms with Gasteiger partial charge in [-0.1, -0.05) is 12.1 Å². The zero-order valence-electron chi connectivity index (χ0n) is 25.3. The molecule has 2 aliphatic heterocycles. The van der Waals surface area contributed by atoms with E-state index in [1.54, 1.807) is 15.9 Å². The minimum Gasteiger partial charge on any atom is -0.495 e. The molecule has 0 radical (unpaired) electrons.